The van der Waals surface area contributed by atoms with Crippen LogP contribution in [0.2, 0.25) is 0 Å². The fourth-order valence-electron chi connectivity index (χ4n) is 2.32. The van der Waals surface area contributed by atoms with E-state index in [0.29, 0.717) is 6.04 Å². The highest BCUT2D eigenvalue weighted by Gasteiger charge is 2.25. The van der Waals surface area contributed by atoms with Gasteiger partial charge in [-0.3, -0.25) is 4.90 Å². The average molecular weight is 244 g/mol. The molecule has 1 N–H and O–H groups in total. The van der Waals surface area contributed by atoms with Gasteiger partial charge >= 0.3 is 0 Å². The van der Waals surface area contributed by atoms with Crippen LogP contribution in [0.5, 0.6) is 0 Å². The van der Waals surface area contributed by atoms with Crippen molar-refractivity contribution in [1.82, 2.24) is 10.2 Å². The lowest BCUT2D eigenvalue weighted by Gasteiger charge is -2.38. The molecule has 0 aromatic carbocycles. The molecule has 96 valence electrons. The SMILES string of the molecule is CCCCNCC(C)N1CC(C)SC(C)C1. The van der Waals surface area contributed by atoms with Gasteiger partial charge < -0.3 is 5.32 Å². The summed E-state index contributed by atoms with van der Waals surface area (Å²) in [6.07, 6.45) is 2.59. The molecule has 1 rings (SSSR count). The van der Waals surface area contributed by atoms with E-state index < -0.39 is 0 Å². The summed E-state index contributed by atoms with van der Waals surface area (Å²) in [5.74, 6) is 0. The van der Waals surface area contributed by atoms with Gasteiger partial charge in [-0.15, -0.1) is 0 Å². The third-order valence-electron chi connectivity index (χ3n) is 3.22. The molecular weight excluding hydrogens is 216 g/mol. The maximum atomic E-state index is 3.56. The summed E-state index contributed by atoms with van der Waals surface area (Å²) in [4.78, 5) is 2.64. The van der Waals surface area contributed by atoms with Crippen molar-refractivity contribution in [3.05, 3.63) is 0 Å². The highest BCUT2D eigenvalue weighted by atomic mass is 32.2. The van der Waals surface area contributed by atoms with E-state index in [2.05, 4.69) is 49.7 Å². The maximum absolute atomic E-state index is 3.56. The molecule has 0 spiro atoms. The van der Waals surface area contributed by atoms with Gasteiger partial charge in [0.25, 0.3) is 0 Å². The van der Waals surface area contributed by atoms with Crippen LogP contribution in [0, 0.1) is 0 Å². The Labute approximate surface area is 106 Å². The van der Waals surface area contributed by atoms with E-state index in [-0.39, 0.29) is 0 Å². The van der Waals surface area contributed by atoms with Crippen LogP contribution in [-0.4, -0.2) is 47.6 Å². The van der Waals surface area contributed by atoms with Crippen LogP contribution < -0.4 is 5.32 Å². The Kier molecular flexibility index (Phi) is 6.78. The minimum Gasteiger partial charge on any atom is -0.315 e. The smallest absolute Gasteiger partial charge is 0.0193 e. The first-order chi connectivity index (χ1) is 7.63. The molecule has 1 aliphatic heterocycles. The first kappa shape index (κ1) is 14.3. The number of thioether (sulfide) groups is 1. The van der Waals surface area contributed by atoms with Gasteiger partial charge in [-0.25, -0.2) is 0 Å². The predicted molar refractivity (Wildman–Crippen MR) is 75.3 cm³/mol. The van der Waals surface area contributed by atoms with E-state index in [1.54, 1.807) is 0 Å². The van der Waals surface area contributed by atoms with E-state index in [9.17, 15) is 0 Å². The summed E-state index contributed by atoms with van der Waals surface area (Å²) in [6.45, 7) is 14.1. The molecule has 1 heterocycles. The minimum atomic E-state index is 0.683. The average Bonchev–Trinajstić information content (AvgIpc) is 2.22. The number of hydrogen-bond donors (Lipinski definition) is 1. The van der Waals surface area contributed by atoms with E-state index in [4.69, 9.17) is 0 Å². The van der Waals surface area contributed by atoms with Crippen molar-refractivity contribution in [3.63, 3.8) is 0 Å². The highest BCUT2D eigenvalue weighted by molar-refractivity contribution is 8.00. The molecule has 0 amide bonds. The molecule has 3 unspecified atom stereocenters. The Bertz CT molecular complexity index is 177. The third kappa shape index (κ3) is 5.07. The zero-order valence-electron chi connectivity index (χ0n) is 11.3. The Morgan fingerprint density at radius 3 is 2.50 bits per heavy atom. The molecule has 0 aliphatic carbocycles. The number of rotatable bonds is 6. The highest BCUT2D eigenvalue weighted by Crippen LogP contribution is 2.25. The number of nitrogens with one attached hydrogen (secondary N) is 1. The summed E-state index contributed by atoms with van der Waals surface area (Å²) in [5, 5.41) is 5.15. The van der Waals surface area contributed by atoms with Gasteiger partial charge in [-0.05, 0) is 19.9 Å². The van der Waals surface area contributed by atoms with Crippen molar-refractivity contribution < 1.29 is 0 Å². The summed E-state index contributed by atoms with van der Waals surface area (Å²) in [7, 11) is 0. The van der Waals surface area contributed by atoms with E-state index in [1.165, 1.54) is 32.5 Å². The Morgan fingerprint density at radius 1 is 1.31 bits per heavy atom. The predicted octanol–water partition coefficient (Wildman–Crippen LogP) is 2.59. The van der Waals surface area contributed by atoms with Crippen molar-refractivity contribution >= 4 is 11.8 Å². The van der Waals surface area contributed by atoms with Crippen LogP contribution >= 0.6 is 11.8 Å². The lowest BCUT2D eigenvalue weighted by atomic mass is 10.2. The normalized spacial score (nSPS) is 29.2. The second kappa shape index (κ2) is 7.57. The number of hydrogen-bond acceptors (Lipinski definition) is 3. The van der Waals surface area contributed by atoms with Crippen molar-refractivity contribution in [2.75, 3.05) is 26.2 Å². The molecule has 0 aromatic heterocycles. The molecular formula is C13H28N2S. The van der Waals surface area contributed by atoms with E-state index in [1.807, 2.05) is 0 Å². The van der Waals surface area contributed by atoms with E-state index in [0.717, 1.165) is 17.0 Å². The van der Waals surface area contributed by atoms with Crippen molar-refractivity contribution in [2.24, 2.45) is 0 Å². The first-order valence-corrected chi connectivity index (χ1v) is 7.68. The second-order valence-corrected chi connectivity index (χ2v) is 7.00. The molecule has 3 atom stereocenters. The molecule has 3 heteroatoms. The van der Waals surface area contributed by atoms with Gasteiger partial charge in [0.15, 0.2) is 0 Å². The Balaban J connectivity index is 2.21. The second-order valence-electron chi connectivity index (χ2n) is 5.12. The standard InChI is InChI=1S/C13H28N2S/c1-5-6-7-14-8-11(2)15-9-12(3)16-13(4)10-15/h11-14H,5-10H2,1-4H3. The van der Waals surface area contributed by atoms with Crippen molar-refractivity contribution in [3.8, 4) is 0 Å². The lowest BCUT2D eigenvalue weighted by molar-refractivity contribution is 0.202. The molecule has 1 fully saturated rings. The Hall–Kier alpha value is 0.270. The fourth-order valence-corrected chi connectivity index (χ4v) is 3.67. The van der Waals surface area contributed by atoms with Gasteiger partial charge in [0.2, 0.25) is 0 Å². The maximum Gasteiger partial charge on any atom is 0.0193 e. The number of unbranched alkanes of at least 4 members (excludes halogenated alkanes) is 1. The van der Waals surface area contributed by atoms with Gasteiger partial charge in [0, 0.05) is 36.2 Å². The molecule has 0 radical (unpaired) electrons. The van der Waals surface area contributed by atoms with E-state index >= 15 is 0 Å². The Morgan fingerprint density at radius 2 is 1.94 bits per heavy atom. The van der Waals surface area contributed by atoms with Crippen molar-refractivity contribution in [1.29, 1.82) is 0 Å². The summed E-state index contributed by atoms with van der Waals surface area (Å²) >= 11 is 2.13. The monoisotopic (exact) mass is 244 g/mol. The van der Waals surface area contributed by atoms with Crippen molar-refractivity contribution in [2.45, 2.75) is 57.1 Å². The molecule has 1 saturated heterocycles. The molecule has 0 aromatic rings. The molecule has 0 bridgehead atoms. The van der Waals surface area contributed by atoms with Crippen LogP contribution in [-0.2, 0) is 0 Å². The summed E-state index contributed by atoms with van der Waals surface area (Å²) < 4.78 is 0. The molecule has 1 aliphatic rings. The lowest BCUT2D eigenvalue weighted by Crippen LogP contribution is -2.48. The fraction of sp³-hybridized carbons (Fsp3) is 1.00. The first-order valence-electron chi connectivity index (χ1n) is 6.73. The molecule has 0 saturated carbocycles. The molecule has 16 heavy (non-hydrogen) atoms. The van der Waals surface area contributed by atoms with Gasteiger partial charge in [0.05, 0.1) is 0 Å². The zero-order chi connectivity index (χ0) is 12.0. The zero-order valence-corrected chi connectivity index (χ0v) is 12.1. The van der Waals surface area contributed by atoms with Crippen LogP contribution in [0.3, 0.4) is 0 Å². The molecule has 2 nitrogen and oxygen atoms in total. The van der Waals surface area contributed by atoms with Crippen LogP contribution in [0.1, 0.15) is 40.5 Å². The van der Waals surface area contributed by atoms with Crippen LogP contribution in [0.15, 0.2) is 0 Å². The van der Waals surface area contributed by atoms with Crippen LogP contribution in [0.25, 0.3) is 0 Å². The summed E-state index contributed by atoms with van der Waals surface area (Å²) in [5.41, 5.74) is 0. The third-order valence-corrected chi connectivity index (χ3v) is 4.45. The summed E-state index contributed by atoms with van der Waals surface area (Å²) in [6, 6.07) is 0.683. The quantitative estimate of drug-likeness (QED) is 0.723. The van der Waals surface area contributed by atoms with Crippen LogP contribution in [0.4, 0.5) is 0 Å². The topological polar surface area (TPSA) is 15.3 Å². The largest absolute Gasteiger partial charge is 0.315 e. The van der Waals surface area contributed by atoms with Gasteiger partial charge in [-0.1, -0.05) is 27.2 Å². The number of nitrogens with zero attached hydrogens (tertiary/aromatic N) is 1. The van der Waals surface area contributed by atoms with Gasteiger partial charge in [0.1, 0.15) is 0 Å². The minimum absolute atomic E-state index is 0.683. The van der Waals surface area contributed by atoms with Gasteiger partial charge in [-0.2, -0.15) is 11.8 Å².